The van der Waals surface area contributed by atoms with Crippen molar-refractivity contribution in [2.75, 3.05) is 11.9 Å². The smallest absolute Gasteiger partial charge is 0.242 e. The van der Waals surface area contributed by atoms with Crippen LogP contribution in [0.3, 0.4) is 0 Å². The van der Waals surface area contributed by atoms with E-state index < -0.39 is 0 Å². The number of carbonyl (C=O) groups is 1. The zero-order chi connectivity index (χ0) is 15.2. The largest absolute Gasteiger partial charge is 0.358 e. The fraction of sp³-hybridized carbons (Fsp3) is 0.400. The zero-order valence-electron chi connectivity index (χ0n) is 12.2. The van der Waals surface area contributed by atoms with E-state index in [4.69, 9.17) is 0 Å². The summed E-state index contributed by atoms with van der Waals surface area (Å²) in [6, 6.07) is 5.44. The maximum absolute atomic E-state index is 12.0. The first-order chi connectivity index (χ1) is 10.1. The second-order valence-corrected chi connectivity index (χ2v) is 5.81. The first-order valence-corrected chi connectivity index (χ1v) is 7.85. The standard InChI is InChI=1S/C15H19BrN4O/c1-3-4-7-17-15(21)10(2)20-14-12-8-11(16)5-6-13(12)18-9-19-14/h5-6,8-10H,3-4,7H2,1-2H3,(H,17,21)(H,18,19,20)/t10-/m0/s1. The van der Waals surface area contributed by atoms with Crippen molar-refractivity contribution in [3.05, 3.63) is 29.0 Å². The van der Waals surface area contributed by atoms with Crippen molar-refractivity contribution in [2.45, 2.75) is 32.7 Å². The molecule has 2 rings (SSSR count). The second-order valence-electron chi connectivity index (χ2n) is 4.89. The Bertz CT molecular complexity index is 632. The number of hydrogen-bond donors (Lipinski definition) is 2. The van der Waals surface area contributed by atoms with E-state index in [9.17, 15) is 4.79 Å². The summed E-state index contributed by atoms with van der Waals surface area (Å²) in [5.41, 5.74) is 0.842. The summed E-state index contributed by atoms with van der Waals surface area (Å²) in [5, 5.41) is 6.95. The molecule has 0 saturated heterocycles. The molecule has 1 amide bonds. The first kappa shape index (κ1) is 15.7. The van der Waals surface area contributed by atoms with Crippen LogP contribution < -0.4 is 10.6 Å². The predicted molar refractivity (Wildman–Crippen MR) is 88.2 cm³/mol. The normalized spacial score (nSPS) is 12.1. The molecular formula is C15H19BrN4O. The Labute approximate surface area is 132 Å². The first-order valence-electron chi connectivity index (χ1n) is 7.06. The van der Waals surface area contributed by atoms with Crippen LogP contribution in [0, 0.1) is 0 Å². The Morgan fingerprint density at radius 2 is 2.19 bits per heavy atom. The molecule has 1 atom stereocenters. The van der Waals surface area contributed by atoms with Gasteiger partial charge in [-0.25, -0.2) is 9.97 Å². The van der Waals surface area contributed by atoms with Gasteiger partial charge in [0.05, 0.1) is 5.52 Å². The third kappa shape index (κ3) is 4.14. The number of unbranched alkanes of at least 4 members (excludes halogenated alkanes) is 1. The molecular weight excluding hydrogens is 332 g/mol. The van der Waals surface area contributed by atoms with Gasteiger partial charge >= 0.3 is 0 Å². The summed E-state index contributed by atoms with van der Waals surface area (Å²) in [4.78, 5) is 20.5. The fourth-order valence-electron chi connectivity index (χ4n) is 1.96. The van der Waals surface area contributed by atoms with E-state index in [1.165, 1.54) is 6.33 Å². The van der Waals surface area contributed by atoms with Crippen LogP contribution in [-0.4, -0.2) is 28.5 Å². The van der Waals surface area contributed by atoms with E-state index in [-0.39, 0.29) is 11.9 Å². The zero-order valence-corrected chi connectivity index (χ0v) is 13.8. The monoisotopic (exact) mass is 350 g/mol. The molecule has 1 aromatic heterocycles. The molecule has 0 fully saturated rings. The lowest BCUT2D eigenvalue weighted by Crippen LogP contribution is -2.38. The number of benzene rings is 1. The highest BCUT2D eigenvalue weighted by molar-refractivity contribution is 9.10. The van der Waals surface area contributed by atoms with Crippen molar-refractivity contribution >= 4 is 38.6 Å². The second kappa shape index (κ2) is 7.36. The van der Waals surface area contributed by atoms with Gasteiger partial charge in [0, 0.05) is 16.4 Å². The number of fused-ring (bicyclic) bond motifs is 1. The third-order valence-electron chi connectivity index (χ3n) is 3.17. The maximum Gasteiger partial charge on any atom is 0.242 e. The molecule has 0 spiro atoms. The highest BCUT2D eigenvalue weighted by Crippen LogP contribution is 2.23. The summed E-state index contributed by atoms with van der Waals surface area (Å²) < 4.78 is 0.952. The van der Waals surface area contributed by atoms with Crippen LogP contribution in [0.4, 0.5) is 5.82 Å². The minimum atomic E-state index is -0.348. The number of halogens is 1. The topological polar surface area (TPSA) is 66.9 Å². The molecule has 112 valence electrons. The maximum atomic E-state index is 12.0. The number of nitrogens with zero attached hydrogens (tertiary/aromatic N) is 2. The van der Waals surface area contributed by atoms with Crippen molar-refractivity contribution < 1.29 is 4.79 Å². The molecule has 2 aromatic rings. The van der Waals surface area contributed by atoms with Crippen LogP contribution in [0.15, 0.2) is 29.0 Å². The van der Waals surface area contributed by atoms with Crippen molar-refractivity contribution in [2.24, 2.45) is 0 Å². The molecule has 2 N–H and O–H groups in total. The number of nitrogens with one attached hydrogen (secondary N) is 2. The number of aromatic nitrogens is 2. The average molecular weight is 351 g/mol. The fourth-order valence-corrected chi connectivity index (χ4v) is 2.32. The van der Waals surface area contributed by atoms with Gasteiger partial charge in [0.15, 0.2) is 0 Å². The molecule has 0 radical (unpaired) electrons. The number of amides is 1. The molecule has 1 heterocycles. The molecule has 0 unspecified atom stereocenters. The Balaban J connectivity index is 2.12. The number of hydrogen-bond acceptors (Lipinski definition) is 4. The van der Waals surface area contributed by atoms with E-state index in [1.807, 2.05) is 25.1 Å². The van der Waals surface area contributed by atoms with Crippen LogP contribution in [0.5, 0.6) is 0 Å². The van der Waals surface area contributed by atoms with Crippen molar-refractivity contribution in [1.82, 2.24) is 15.3 Å². The van der Waals surface area contributed by atoms with Gasteiger partial charge in [-0.2, -0.15) is 0 Å². The average Bonchev–Trinajstić information content (AvgIpc) is 2.48. The Morgan fingerprint density at radius 3 is 2.95 bits per heavy atom. The van der Waals surface area contributed by atoms with E-state index in [0.717, 1.165) is 28.2 Å². The minimum absolute atomic E-state index is 0.0230. The van der Waals surface area contributed by atoms with Gasteiger partial charge in [-0.05, 0) is 31.5 Å². The molecule has 0 aliphatic heterocycles. The summed E-state index contributed by atoms with van der Waals surface area (Å²) in [7, 11) is 0. The van der Waals surface area contributed by atoms with Crippen LogP contribution in [0.25, 0.3) is 10.9 Å². The van der Waals surface area contributed by atoms with Crippen molar-refractivity contribution in [3.8, 4) is 0 Å². The summed E-state index contributed by atoms with van der Waals surface area (Å²) in [5.74, 6) is 0.643. The lowest BCUT2D eigenvalue weighted by atomic mass is 10.2. The third-order valence-corrected chi connectivity index (χ3v) is 3.67. The summed E-state index contributed by atoms with van der Waals surface area (Å²) in [6.45, 7) is 4.63. The molecule has 0 bridgehead atoms. The number of rotatable bonds is 6. The van der Waals surface area contributed by atoms with E-state index in [0.29, 0.717) is 12.4 Å². The lowest BCUT2D eigenvalue weighted by Gasteiger charge is -2.15. The molecule has 0 aliphatic rings. The molecule has 21 heavy (non-hydrogen) atoms. The highest BCUT2D eigenvalue weighted by Gasteiger charge is 2.14. The van der Waals surface area contributed by atoms with Gasteiger partial charge in [-0.1, -0.05) is 29.3 Å². The quantitative estimate of drug-likeness (QED) is 0.785. The van der Waals surface area contributed by atoms with Gasteiger partial charge in [0.1, 0.15) is 18.2 Å². The van der Waals surface area contributed by atoms with Crippen LogP contribution in [-0.2, 0) is 4.79 Å². The van der Waals surface area contributed by atoms with Gasteiger partial charge < -0.3 is 10.6 Å². The van der Waals surface area contributed by atoms with E-state index >= 15 is 0 Å². The number of anilines is 1. The summed E-state index contributed by atoms with van der Waals surface area (Å²) >= 11 is 3.44. The Hall–Kier alpha value is -1.69. The van der Waals surface area contributed by atoms with Crippen LogP contribution in [0.2, 0.25) is 0 Å². The van der Waals surface area contributed by atoms with Gasteiger partial charge in [-0.15, -0.1) is 0 Å². The minimum Gasteiger partial charge on any atom is -0.358 e. The van der Waals surface area contributed by atoms with E-state index in [2.05, 4.69) is 43.5 Å². The Morgan fingerprint density at radius 1 is 1.38 bits per heavy atom. The summed E-state index contributed by atoms with van der Waals surface area (Å²) in [6.07, 6.45) is 3.55. The van der Waals surface area contributed by atoms with Gasteiger partial charge in [0.2, 0.25) is 5.91 Å². The van der Waals surface area contributed by atoms with Crippen molar-refractivity contribution in [3.63, 3.8) is 0 Å². The molecule has 0 saturated carbocycles. The van der Waals surface area contributed by atoms with Crippen LogP contribution >= 0.6 is 15.9 Å². The SMILES string of the molecule is CCCCNC(=O)[C@H](C)Nc1ncnc2ccc(Br)cc12. The van der Waals surface area contributed by atoms with E-state index in [1.54, 1.807) is 0 Å². The molecule has 6 heteroatoms. The number of carbonyl (C=O) groups excluding carboxylic acids is 1. The highest BCUT2D eigenvalue weighted by atomic mass is 79.9. The Kier molecular flexibility index (Phi) is 5.50. The molecule has 1 aromatic carbocycles. The van der Waals surface area contributed by atoms with Gasteiger partial charge in [-0.3, -0.25) is 4.79 Å². The van der Waals surface area contributed by atoms with Crippen molar-refractivity contribution in [1.29, 1.82) is 0 Å². The van der Waals surface area contributed by atoms with Gasteiger partial charge in [0.25, 0.3) is 0 Å². The lowest BCUT2D eigenvalue weighted by molar-refractivity contribution is -0.121. The van der Waals surface area contributed by atoms with Crippen LogP contribution in [0.1, 0.15) is 26.7 Å². The predicted octanol–water partition coefficient (Wildman–Crippen LogP) is 3.11. The molecule has 5 nitrogen and oxygen atoms in total. The molecule has 0 aliphatic carbocycles.